The maximum atomic E-state index is 12.9. The van der Waals surface area contributed by atoms with E-state index in [9.17, 15) is 9.90 Å². The highest BCUT2D eigenvalue weighted by molar-refractivity contribution is 6.35. The average molecular weight is 415 g/mol. The number of hydrogen-bond donors (Lipinski definition) is 1. The number of benzene rings is 2. The number of aliphatic hydroxyl groups is 1. The number of piperidine rings is 1. The normalized spacial score (nSPS) is 17.0. The summed E-state index contributed by atoms with van der Waals surface area (Å²) in [5.41, 5.74) is 2.33. The second kappa shape index (κ2) is 7.88. The third-order valence-corrected chi connectivity index (χ3v) is 6.06. The molecule has 0 spiro atoms. The van der Waals surface area contributed by atoms with Gasteiger partial charge in [-0.25, -0.2) is 0 Å². The van der Waals surface area contributed by atoms with Gasteiger partial charge in [-0.05, 0) is 62.9 Å². The van der Waals surface area contributed by atoms with Crippen molar-refractivity contribution in [2.45, 2.75) is 38.7 Å². The SMILES string of the molecule is CC(C)(O)c1ccc(N2CCOc3c2ccc(C(=O)N2CCCCC2)c3Cl)cc1. The van der Waals surface area contributed by atoms with Crippen LogP contribution in [0, 0.1) is 0 Å². The zero-order chi connectivity index (χ0) is 20.6. The number of hydrogen-bond acceptors (Lipinski definition) is 4. The summed E-state index contributed by atoms with van der Waals surface area (Å²) in [7, 11) is 0. The Morgan fingerprint density at radius 3 is 2.38 bits per heavy atom. The van der Waals surface area contributed by atoms with E-state index in [0.29, 0.717) is 29.5 Å². The van der Waals surface area contributed by atoms with E-state index in [4.69, 9.17) is 16.3 Å². The Balaban J connectivity index is 1.64. The van der Waals surface area contributed by atoms with E-state index in [2.05, 4.69) is 4.90 Å². The van der Waals surface area contributed by atoms with Gasteiger partial charge in [0.15, 0.2) is 5.75 Å². The van der Waals surface area contributed by atoms with Crippen molar-refractivity contribution in [1.82, 2.24) is 4.90 Å². The van der Waals surface area contributed by atoms with E-state index in [0.717, 1.165) is 42.9 Å². The van der Waals surface area contributed by atoms with Gasteiger partial charge in [0.25, 0.3) is 5.91 Å². The van der Waals surface area contributed by atoms with Gasteiger partial charge in [-0.3, -0.25) is 4.79 Å². The summed E-state index contributed by atoms with van der Waals surface area (Å²) in [6.07, 6.45) is 3.25. The maximum Gasteiger partial charge on any atom is 0.255 e. The number of likely N-dealkylation sites (tertiary alicyclic amines) is 1. The van der Waals surface area contributed by atoms with Crippen molar-refractivity contribution >= 4 is 28.9 Å². The number of nitrogens with zero attached hydrogens (tertiary/aromatic N) is 2. The van der Waals surface area contributed by atoms with Crippen LogP contribution in [0.1, 0.15) is 49.0 Å². The lowest BCUT2D eigenvalue weighted by Crippen LogP contribution is -2.36. The van der Waals surface area contributed by atoms with Gasteiger partial charge in [-0.15, -0.1) is 0 Å². The van der Waals surface area contributed by atoms with E-state index in [1.54, 1.807) is 13.8 Å². The molecule has 154 valence electrons. The van der Waals surface area contributed by atoms with E-state index in [-0.39, 0.29) is 5.91 Å². The second-order valence-electron chi connectivity index (χ2n) is 8.23. The molecule has 0 radical (unpaired) electrons. The van der Waals surface area contributed by atoms with Crippen LogP contribution in [-0.4, -0.2) is 42.2 Å². The molecule has 0 atom stereocenters. The van der Waals surface area contributed by atoms with E-state index >= 15 is 0 Å². The van der Waals surface area contributed by atoms with Crippen LogP contribution in [0.15, 0.2) is 36.4 Å². The Kier molecular flexibility index (Phi) is 5.45. The molecule has 0 saturated carbocycles. The van der Waals surface area contributed by atoms with E-state index in [1.807, 2.05) is 41.3 Å². The standard InChI is InChI=1S/C23H27ClN2O3/c1-23(2,28)16-6-8-17(9-7-16)26-14-15-29-21-19(26)11-10-18(20(21)24)22(27)25-12-4-3-5-13-25/h6-11,28H,3-5,12-15H2,1-2H3. The van der Waals surface area contributed by atoms with Crippen LogP contribution in [0.4, 0.5) is 11.4 Å². The minimum atomic E-state index is -0.880. The Hall–Kier alpha value is -2.24. The lowest BCUT2D eigenvalue weighted by atomic mass is 9.98. The molecule has 2 aliphatic heterocycles. The molecule has 2 aliphatic rings. The number of halogens is 1. The van der Waals surface area contributed by atoms with Crippen molar-refractivity contribution < 1.29 is 14.6 Å². The molecule has 2 aromatic rings. The largest absolute Gasteiger partial charge is 0.488 e. The smallest absolute Gasteiger partial charge is 0.255 e. The van der Waals surface area contributed by atoms with Crippen molar-refractivity contribution in [2.24, 2.45) is 0 Å². The molecule has 1 saturated heterocycles. The number of amides is 1. The first-order chi connectivity index (χ1) is 13.9. The van der Waals surface area contributed by atoms with Crippen LogP contribution < -0.4 is 9.64 Å². The Morgan fingerprint density at radius 1 is 1.03 bits per heavy atom. The molecule has 0 aromatic heterocycles. The first-order valence-corrected chi connectivity index (χ1v) is 10.6. The Bertz CT molecular complexity index is 900. The lowest BCUT2D eigenvalue weighted by Gasteiger charge is -2.33. The summed E-state index contributed by atoms with van der Waals surface area (Å²) in [4.78, 5) is 17.0. The molecule has 1 fully saturated rings. The maximum absolute atomic E-state index is 12.9. The molecule has 1 amide bonds. The molecule has 2 aromatic carbocycles. The highest BCUT2D eigenvalue weighted by Gasteiger charge is 2.28. The Morgan fingerprint density at radius 2 is 1.72 bits per heavy atom. The Labute approximate surface area is 176 Å². The number of anilines is 2. The number of ether oxygens (including phenoxy) is 1. The van der Waals surface area contributed by atoms with Gasteiger partial charge < -0.3 is 19.6 Å². The monoisotopic (exact) mass is 414 g/mol. The number of carbonyl (C=O) groups excluding carboxylic acids is 1. The van der Waals surface area contributed by atoms with Gasteiger partial charge in [0.2, 0.25) is 0 Å². The van der Waals surface area contributed by atoms with Gasteiger partial charge in [-0.1, -0.05) is 23.7 Å². The second-order valence-corrected chi connectivity index (χ2v) is 8.61. The van der Waals surface area contributed by atoms with E-state index in [1.165, 1.54) is 6.42 Å². The van der Waals surface area contributed by atoms with Crippen LogP contribution in [0.5, 0.6) is 5.75 Å². The van der Waals surface area contributed by atoms with Crippen LogP contribution >= 0.6 is 11.6 Å². The van der Waals surface area contributed by atoms with Crippen LogP contribution in [0.3, 0.4) is 0 Å². The summed E-state index contributed by atoms with van der Waals surface area (Å²) in [6.45, 7) is 6.28. The molecular weight excluding hydrogens is 388 g/mol. The number of fused-ring (bicyclic) bond motifs is 1. The highest BCUT2D eigenvalue weighted by Crippen LogP contribution is 2.43. The van der Waals surface area contributed by atoms with Crippen molar-refractivity contribution in [3.8, 4) is 5.75 Å². The van der Waals surface area contributed by atoms with Crippen molar-refractivity contribution in [3.63, 3.8) is 0 Å². The topological polar surface area (TPSA) is 53.0 Å². The zero-order valence-corrected chi connectivity index (χ0v) is 17.7. The fourth-order valence-electron chi connectivity index (χ4n) is 4.01. The molecule has 2 heterocycles. The zero-order valence-electron chi connectivity index (χ0n) is 16.9. The lowest BCUT2D eigenvalue weighted by molar-refractivity contribution is 0.0723. The summed E-state index contributed by atoms with van der Waals surface area (Å²) >= 11 is 6.65. The van der Waals surface area contributed by atoms with Crippen LogP contribution in [0.25, 0.3) is 0 Å². The molecule has 0 aliphatic carbocycles. The van der Waals surface area contributed by atoms with Crippen LogP contribution in [-0.2, 0) is 5.60 Å². The minimum absolute atomic E-state index is 0.0206. The van der Waals surface area contributed by atoms with E-state index < -0.39 is 5.60 Å². The van der Waals surface area contributed by atoms with Crippen molar-refractivity contribution in [3.05, 3.63) is 52.5 Å². The van der Waals surface area contributed by atoms with Gasteiger partial charge in [0, 0.05) is 18.8 Å². The molecular formula is C23H27ClN2O3. The molecule has 29 heavy (non-hydrogen) atoms. The van der Waals surface area contributed by atoms with Crippen molar-refractivity contribution in [1.29, 1.82) is 0 Å². The third kappa shape index (κ3) is 3.94. The average Bonchev–Trinajstić information content (AvgIpc) is 2.73. The summed E-state index contributed by atoms with van der Waals surface area (Å²) in [6, 6.07) is 11.6. The van der Waals surface area contributed by atoms with Gasteiger partial charge in [-0.2, -0.15) is 0 Å². The van der Waals surface area contributed by atoms with Gasteiger partial charge >= 0.3 is 0 Å². The summed E-state index contributed by atoms with van der Waals surface area (Å²) in [5, 5.41) is 10.6. The predicted octanol–water partition coefficient (Wildman–Crippen LogP) is 4.72. The highest BCUT2D eigenvalue weighted by atomic mass is 35.5. The summed E-state index contributed by atoms with van der Waals surface area (Å²) < 4.78 is 5.88. The summed E-state index contributed by atoms with van der Waals surface area (Å²) in [5.74, 6) is 0.542. The van der Waals surface area contributed by atoms with Crippen LogP contribution in [0.2, 0.25) is 5.02 Å². The number of carbonyl (C=O) groups is 1. The third-order valence-electron chi connectivity index (χ3n) is 5.69. The molecule has 6 heteroatoms. The van der Waals surface area contributed by atoms with Gasteiger partial charge in [0.1, 0.15) is 6.61 Å². The molecule has 1 N–H and O–H groups in total. The van der Waals surface area contributed by atoms with Gasteiger partial charge in [0.05, 0.1) is 28.4 Å². The molecule has 0 unspecified atom stereocenters. The molecule has 5 nitrogen and oxygen atoms in total. The first kappa shape index (κ1) is 20.0. The number of rotatable bonds is 3. The predicted molar refractivity (Wildman–Crippen MR) is 115 cm³/mol. The fourth-order valence-corrected chi connectivity index (χ4v) is 4.30. The molecule has 4 rings (SSSR count). The molecule has 0 bridgehead atoms. The minimum Gasteiger partial charge on any atom is -0.488 e. The first-order valence-electron chi connectivity index (χ1n) is 10.2. The van der Waals surface area contributed by atoms with Crippen molar-refractivity contribution in [2.75, 3.05) is 31.1 Å². The fraction of sp³-hybridized carbons (Fsp3) is 0.435. The quantitative estimate of drug-likeness (QED) is 0.789.